The predicted octanol–water partition coefficient (Wildman–Crippen LogP) is 3.82. The molecule has 2 unspecified atom stereocenters. The van der Waals surface area contributed by atoms with Crippen molar-refractivity contribution in [3.8, 4) is 5.75 Å². The lowest BCUT2D eigenvalue weighted by atomic mass is 9.87. The minimum absolute atomic E-state index is 0.0275. The van der Waals surface area contributed by atoms with Gasteiger partial charge in [0.1, 0.15) is 5.75 Å². The summed E-state index contributed by atoms with van der Waals surface area (Å²) >= 11 is 0. The van der Waals surface area contributed by atoms with Gasteiger partial charge in [-0.15, -0.1) is 0 Å². The van der Waals surface area contributed by atoms with E-state index in [9.17, 15) is 9.59 Å². The minimum Gasteiger partial charge on any atom is -0.481 e. The van der Waals surface area contributed by atoms with Gasteiger partial charge < -0.3 is 14.8 Å². The molecule has 0 heterocycles. The van der Waals surface area contributed by atoms with Crippen molar-refractivity contribution < 1.29 is 19.1 Å². The molecule has 5 heteroatoms. The van der Waals surface area contributed by atoms with E-state index >= 15 is 0 Å². The van der Waals surface area contributed by atoms with Gasteiger partial charge in [0.2, 0.25) is 0 Å². The van der Waals surface area contributed by atoms with Gasteiger partial charge in [0.05, 0.1) is 18.2 Å². The molecule has 0 aromatic heterocycles. The summed E-state index contributed by atoms with van der Waals surface area (Å²) in [6.07, 6.45) is 2.42. The SMILES string of the molecule is CCOC(=O)c1ccc(OC(C)C(=O)NC2CCCc3ccccc32)cc1. The number of fused-ring (bicyclic) bond motifs is 1. The Morgan fingerprint density at radius 1 is 1.15 bits per heavy atom. The fourth-order valence-electron chi connectivity index (χ4n) is 3.33. The number of carbonyl (C=O) groups excluding carboxylic acids is 2. The van der Waals surface area contributed by atoms with Crippen LogP contribution in [-0.2, 0) is 16.0 Å². The molecular formula is C22H25NO4. The van der Waals surface area contributed by atoms with Crippen LogP contribution < -0.4 is 10.1 Å². The van der Waals surface area contributed by atoms with Gasteiger partial charge in [0.15, 0.2) is 6.10 Å². The highest BCUT2D eigenvalue weighted by Gasteiger charge is 2.24. The lowest BCUT2D eigenvalue weighted by molar-refractivity contribution is -0.128. The Bertz CT molecular complexity index is 800. The molecule has 5 nitrogen and oxygen atoms in total. The molecule has 0 spiro atoms. The molecule has 3 rings (SSSR count). The highest BCUT2D eigenvalue weighted by molar-refractivity contribution is 5.89. The lowest BCUT2D eigenvalue weighted by Crippen LogP contribution is -2.39. The molecule has 0 saturated heterocycles. The molecule has 0 fully saturated rings. The quantitative estimate of drug-likeness (QED) is 0.788. The number of carbonyl (C=O) groups is 2. The Balaban J connectivity index is 1.59. The van der Waals surface area contributed by atoms with Crippen molar-refractivity contribution in [3.05, 3.63) is 65.2 Å². The van der Waals surface area contributed by atoms with Crippen molar-refractivity contribution in [1.82, 2.24) is 5.32 Å². The average molecular weight is 367 g/mol. The van der Waals surface area contributed by atoms with E-state index in [0.29, 0.717) is 17.9 Å². The Morgan fingerprint density at radius 3 is 2.63 bits per heavy atom. The molecule has 0 radical (unpaired) electrons. The van der Waals surface area contributed by atoms with E-state index < -0.39 is 6.10 Å². The molecule has 1 aliphatic carbocycles. The zero-order chi connectivity index (χ0) is 19.2. The van der Waals surface area contributed by atoms with Crippen molar-refractivity contribution >= 4 is 11.9 Å². The third-order valence-corrected chi connectivity index (χ3v) is 4.73. The van der Waals surface area contributed by atoms with Crippen molar-refractivity contribution in [3.63, 3.8) is 0 Å². The van der Waals surface area contributed by atoms with Crippen molar-refractivity contribution in [2.45, 2.75) is 45.3 Å². The number of rotatable bonds is 6. The van der Waals surface area contributed by atoms with E-state index in [1.54, 1.807) is 38.1 Å². The zero-order valence-corrected chi connectivity index (χ0v) is 15.7. The summed E-state index contributed by atoms with van der Waals surface area (Å²) in [5.41, 5.74) is 2.96. The van der Waals surface area contributed by atoms with Crippen LogP contribution >= 0.6 is 0 Å². The van der Waals surface area contributed by atoms with Crippen molar-refractivity contribution in [2.24, 2.45) is 0 Å². The summed E-state index contributed by atoms with van der Waals surface area (Å²) in [7, 11) is 0. The van der Waals surface area contributed by atoms with E-state index in [2.05, 4.69) is 17.4 Å². The normalized spacial score (nSPS) is 16.7. The van der Waals surface area contributed by atoms with Gasteiger partial charge in [0, 0.05) is 0 Å². The van der Waals surface area contributed by atoms with Crippen LogP contribution in [0.5, 0.6) is 5.75 Å². The first-order valence-corrected chi connectivity index (χ1v) is 9.40. The Morgan fingerprint density at radius 2 is 1.89 bits per heavy atom. The number of benzene rings is 2. The highest BCUT2D eigenvalue weighted by atomic mass is 16.5. The number of ether oxygens (including phenoxy) is 2. The van der Waals surface area contributed by atoms with Gasteiger partial charge in [-0.1, -0.05) is 24.3 Å². The van der Waals surface area contributed by atoms with Gasteiger partial charge in [-0.2, -0.15) is 0 Å². The van der Waals surface area contributed by atoms with Gasteiger partial charge in [-0.25, -0.2) is 4.79 Å². The van der Waals surface area contributed by atoms with Crippen LogP contribution in [0.4, 0.5) is 0 Å². The zero-order valence-electron chi connectivity index (χ0n) is 15.7. The number of aryl methyl sites for hydroxylation is 1. The number of nitrogens with one attached hydrogen (secondary N) is 1. The average Bonchev–Trinajstić information content (AvgIpc) is 2.69. The molecule has 2 aromatic carbocycles. The van der Waals surface area contributed by atoms with E-state index in [-0.39, 0.29) is 17.9 Å². The topological polar surface area (TPSA) is 64.6 Å². The van der Waals surface area contributed by atoms with Crippen LogP contribution in [0.2, 0.25) is 0 Å². The number of hydrogen-bond acceptors (Lipinski definition) is 4. The summed E-state index contributed by atoms with van der Waals surface area (Å²) in [5, 5.41) is 3.10. The monoisotopic (exact) mass is 367 g/mol. The highest BCUT2D eigenvalue weighted by Crippen LogP contribution is 2.29. The molecule has 1 N–H and O–H groups in total. The van der Waals surface area contributed by atoms with E-state index in [0.717, 1.165) is 19.3 Å². The summed E-state index contributed by atoms with van der Waals surface area (Å²) in [5.74, 6) is 0.0201. The molecule has 27 heavy (non-hydrogen) atoms. The van der Waals surface area contributed by atoms with E-state index in [4.69, 9.17) is 9.47 Å². The third-order valence-electron chi connectivity index (χ3n) is 4.73. The minimum atomic E-state index is -0.632. The van der Waals surface area contributed by atoms with Crippen LogP contribution in [0.25, 0.3) is 0 Å². The maximum absolute atomic E-state index is 12.6. The van der Waals surface area contributed by atoms with Crippen LogP contribution in [0.1, 0.15) is 54.2 Å². The lowest BCUT2D eigenvalue weighted by Gasteiger charge is -2.27. The molecule has 1 aliphatic rings. The molecular weight excluding hydrogens is 342 g/mol. The van der Waals surface area contributed by atoms with E-state index in [1.165, 1.54) is 11.1 Å². The number of amides is 1. The van der Waals surface area contributed by atoms with Gasteiger partial charge >= 0.3 is 5.97 Å². The fourth-order valence-corrected chi connectivity index (χ4v) is 3.33. The fraction of sp³-hybridized carbons (Fsp3) is 0.364. The summed E-state index contributed by atoms with van der Waals surface area (Å²) in [4.78, 5) is 24.3. The second kappa shape index (κ2) is 8.71. The van der Waals surface area contributed by atoms with Crippen LogP contribution in [0, 0.1) is 0 Å². The number of esters is 1. The maximum Gasteiger partial charge on any atom is 0.338 e. The smallest absolute Gasteiger partial charge is 0.338 e. The van der Waals surface area contributed by atoms with Gasteiger partial charge in [0.25, 0.3) is 5.91 Å². The second-order valence-electron chi connectivity index (χ2n) is 6.66. The van der Waals surface area contributed by atoms with Gasteiger partial charge in [-0.05, 0) is 68.5 Å². The van der Waals surface area contributed by atoms with Crippen LogP contribution in [0.3, 0.4) is 0 Å². The molecule has 0 bridgehead atoms. The molecule has 142 valence electrons. The summed E-state index contributed by atoms with van der Waals surface area (Å²) in [6, 6.07) is 14.9. The summed E-state index contributed by atoms with van der Waals surface area (Å²) < 4.78 is 10.7. The van der Waals surface area contributed by atoms with Crippen molar-refractivity contribution in [1.29, 1.82) is 0 Å². The maximum atomic E-state index is 12.6. The molecule has 0 saturated carbocycles. The number of hydrogen-bond donors (Lipinski definition) is 1. The first-order chi connectivity index (χ1) is 13.1. The first kappa shape index (κ1) is 19.0. The molecule has 1 amide bonds. The standard InChI is InChI=1S/C22H25NO4/c1-3-26-22(25)17-11-13-18(14-12-17)27-15(2)21(24)23-20-10-6-8-16-7-4-5-9-19(16)20/h4-5,7,9,11-15,20H,3,6,8,10H2,1-2H3,(H,23,24). The Labute approximate surface area is 159 Å². The molecule has 0 aliphatic heterocycles. The van der Waals surface area contributed by atoms with Crippen LogP contribution in [0.15, 0.2) is 48.5 Å². The Kier molecular flexibility index (Phi) is 6.12. The molecule has 2 aromatic rings. The van der Waals surface area contributed by atoms with Crippen LogP contribution in [-0.4, -0.2) is 24.6 Å². The third kappa shape index (κ3) is 4.67. The van der Waals surface area contributed by atoms with E-state index in [1.807, 2.05) is 12.1 Å². The first-order valence-electron chi connectivity index (χ1n) is 9.40. The largest absolute Gasteiger partial charge is 0.481 e. The van der Waals surface area contributed by atoms with Crippen molar-refractivity contribution in [2.75, 3.05) is 6.61 Å². The predicted molar refractivity (Wildman–Crippen MR) is 103 cm³/mol. The van der Waals surface area contributed by atoms with Gasteiger partial charge in [-0.3, -0.25) is 4.79 Å². The molecule has 2 atom stereocenters. The Hall–Kier alpha value is -2.82. The second-order valence-corrected chi connectivity index (χ2v) is 6.66. The summed E-state index contributed by atoms with van der Waals surface area (Å²) in [6.45, 7) is 3.82.